The minimum atomic E-state index is 0.214. The molecule has 1 heterocycles. The van der Waals surface area contributed by atoms with Crippen LogP contribution in [0.5, 0.6) is 0 Å². The predicted octanol–water partition coefficient (Wildman–Crippen LogP) is 4.37. The molecule has 0 amide bonds. The maximum absolute atomic E-state index is 5.59. The van der Waals surface area contributed by atoms with Crippen molar-refractivity contribution in [2.75, 3.05) is 0 Å². The van der Waals surface area contributed by atoms with E-state index in [9.17, 15) is 0 Å². The predicted molar refractivity (Wildman–Crippen MR) is 67.2 cm³/mol. The highest BCUT2D eigenvalue weighted by Crippen LogP contribution is 2.40. The van der Waals surface area contributed by atoms with Gasteiger partial charge in [0.1, 0.15) is 5.52 Å². The van der Waals surface area contributed by atoms with E-state index < -0.39 is 0 Å². The van der Waals surface area contributed by atoms with Crippen LogP contribution in [0.15, 0.2) is 33.9 Å². The van der Waals surface area contributed by atoms with Gasteiger partial charge in [-0.2, -0.15) is 0 Å². The molecule has 0 fully saturated rings. The largest absolute Gasteiger partial charge is 0.431 e. The standard InChI is InChI=1S/C11H13NOS2/c1-11(2,3)15-14-10-12-8-6-4-5-7-9(8)13-10/h4-7H,1-3H3. The zero-order chi connectivity index (χ0) is 10.9. The van der Waals surface area contributed by atoms with E-state index in [0.717, 1.165) is 16.3 Å². The summed E-state index contributed by atoms with van der Waals surface area (Å²) < 4.78 is 5.81. The molecule has 0 aliphatic heterocycles. The Morgan fingerprint density at radius 2 is 1.93 bits per heavy atom. The van der Waals surface area contributed by atoms with Gasteiger partial charge in [-0.05, 0) is 12.1 Å². The van der Waals surface area contributed by atoms with Gasteiger partial charge in [0.25, 0.3) is 5.22 Å². The van der Waals surface area contributed by atoms with Crippen LogP contribution in [0.1, 0.15) is 20.8 Å². The quantitative estimate of drug-likeness (QED) is 0.727. The lowest BCUT2D eigenvalue weighted by atomic mass is 10.3. The first-order valence-electron chi connectivity index (χ1n) is 4.76. The van der Waals surface area contributed by atoms with Gasteiger partial charge in [-0.1, -0.05) is 43.7 Å². The maximum atomic E-state index is 5.59. The molecule has 0 saturated carbocycles. The summed E-state index contributed by atoms with van der Waals surface area (Å²) in [7, 11) is 3.35. The molecular formula is C11H13NOS2. The summed E-state index contributed by atoms with van der Waals surface area (Å²) in [6, 6.07) is 7.83. The molecular weight excluding hydrogens is 226 g/mol. The summed E-state index contributed by atoms with van der Waals surface area (Å²) >= 11 is 0. The van der Waals surface area contributed by atoms with Crippen LogP contribution in [-0.2, 0) is 0 Å². The normalized spacial score (nSPS) is 12.2. The van der Waals surface area contributed by atoms with Gasteiger partial charge in [-0.3, -0.25) is 0 Å². The third-order valence-corrected chi connectivity index (χ3v) is 4.72. The van der Waals surface area contributed by atoms with Crippen LogP contribution < -0.4 is 0 Å². The van der Waals surface area contributed by atoms with Crippen LogP contribution in [0.3, 0.4) is 0 Å². The Morgan fingerprint density at radius 1 is 1.20 bits per heavy atom. The Labute approximate surface area is 97.2 Å². The monoisotopic (exact) mass is 239 g/mol. The third-order valence-electron chi connectivity index (χ3n) is 1.64. The van der Waals surface area contributed by atoms with Crippen molar-refractivity contribution in [3.63, 3.8) is 0 Å². The highest BCUT2D eigenvalue weighted by Gasteiger charge is 2.14. The molecule has 2 rings (SSSR count). The number of nitrogens with zero attached hydrogens (tertiary/aromatic N) is 1. The number of para-hydroxylation sites is 2. The fourth-order valence-electron chi connectivity index (χ4n) is 1.05. The van der Waals surface area contributed by atoms with E-state index in [-0.39, 0.29) is 4.75 Å². The lowest BCUT2D eigenvalue weighted by molar-refractivity contribution is 0.491. The van der Waals surface area contributed by atoms with Gasteiger partial charge in [-0.25, -0.2) is 4.98 Å². The van der Waals surface area contributed by atoms with Gasteiger partial charge < -0.3 is 4.42 Å². The Morgan fingerprint density at radius 3 is 2.60 bits per heavy atom. The fraction of sp³-hybridized carbons (Fsp3) is 0.364. The average Bonchev–Trinajstić information content (AvgIpc) is 2.56. The number of rotatable bonds is 2. The maximum Gasteiger partial charge on any atom is 0.267 e. The minimum absolute atomic E-state index is 0.214. The van der Waals surface area contributed by atoms with E-state index in [2.05, 4.69) is 25.8 Å². The first-order valence-corrected chi connectivity index (χ1v) is 6.91. The van der Waals surface area contributed by atoms with Crippen molar-refractivity contribution in [2.24, 2.45) is 0 Å². The summed E-state index contributed by atoms with van der Waals surface area (Å²) in [6.07, 6.45) is 0. The average molecular weight is 239 g/mol. The molecule has 0 spiro atoms. The number of hydrogen-bond donors (Lipinski definition) is 0. The Kier molecular flexibility index (Phi) is 2.98. The zero-order valence-electron chi connectivity index (χ0n) is 8.98. The van der Waals surface area contributed by atoms with E-state index >= 15 is 0 Å². The van der Waals surface area contributed by atoms with Crippen molar-refractivity contribution >= 4 is 32.7 Å². The summed E-state index contributed by atoms with van der Waals surface area (Å²) in [6.45, 7) is 6.52. The first-order chi connectivity index (χ1) is 7.04. The third kappa shape index (κ3) is 2.92. The van der Waals surface area contributed by atoms with Crippen LogP contribution in [0.4, 0.5) is 0 Å². The molecule has 0 bridgehead atoms. The van der Waals surface area contributed by atoms with Gasteiger partial charge >= 0.3 is 0 Å². The van der Waals surface area contributed by atoms with E-state index in [1.165, 1.54) is 0 Å². The number of hydrogen-bond acceptors (Lipinski definition) is 4. The number of benzene rings is 1. The van der Waals surface area contributed by atoms with Crippen molar-refractivity contribution in [3.8, 4) is 0 Å². The molecule has 2 nitrogen and oxygen atoms in total. The van der Waals surface area contributed by atoms with Gasteiger partial charge in [0.2, 0.25) is 0 Å². The summed E-state index contributed by atoms with van der Waals surface area (Å²) in [5.41, 5.74) is 1.78. The summed E-state index contributed by atoms with van der Waals surface area (Å²) in [5.74, 6) is 0. The van der Waals surface area contributed by atoms with Crippen molar-refractivity contribution < 1.29 is 4.42 Å². The topological polar surface area (TPSA) is 26.0 Å². The van der Waals surface area contributed by atoms with Crippen LogP contribution in [0, 0.1) is 0 Å². The molecule has 1 aromatic heterocycles. The van der Waals surface area contributed by atoms with E-state index in [4.69, 9.17) is 4.42 Å². The van der Waals surface area contributed by atoms with Crippen LogP contribution in [0.25, 0.3) is 11.1 Å². The molecule has 4 heteroatoms. The molecule has 0 N–H and O–H groups in total. The minimum Gasteiger partial charge on any atom is -0.431 e. The van der Waals surface area contributed by atoms with E-state index in [1.54, 1.807) is 21.6 Å². The molecule has 0 unspecified atom stereocenters. The summed E-state index contributed by atoms with van der Waals surface area (Å²) in [4.78, 5) is 4.39. The van der Waals surface area contributed by atoms with Crippen LogP contribution >= 0.6 is 21.6 Å². The molecule has 0 aliphatic rings. The van der Waals surface area contributed by atoms with Crippen molar-refractivity contribution in [3.05, 3.63) is 24.3 Å². The number of fused-ring (bicyclic) bond motifs is 1. The lowest BCUT2D eigenvalue weighted by Crippen LogP contribution is -2.04. The highest BCUT2D eigenvalue weighted by molar-refractivity contribution is 8.77. The molecule has 0 saturated heterocycles. The Balaban J connectivity index is 2.16. The van der Waals surface area contributed by atoms with Gasteiger partial charge in [0, 0.05) is 15.5 Å². The van der Waals surface area contributed by atoms with E-state index in [1.807, 2.05) is 24.3 Å². The van der Waals surface area contributed by atoms with Gasteiger partial charge in [0.05, 0.1) is 0 Å². The smallest absolute Gasteiger partial charge is 0.267 e. The van der Waals surface area contributed by atoms with E-state index in [0.29, 0.717) is 0 Å². The van der Waals surface area contributed by atoms with Crippen molar-refractivity contribution in [1.82, 2.24) is 4.98 Å². The second-order valence-corrected chi connectivity index (χ2v) is 7.13. The molecule has 80 valence electrons. The second kappa shape index (κ2) is 4.10. The SMILES string of the molecule is CC(C)(C)SSc1nc2ccccc2o1. The lowest BCUT2D eigenvalue weighted by Gasteiger charge is -2.14. The molecule has 1 aromatic carbocycles. The van der Waals surface area contributed by atoms with Crippen molar-refractivity contribution in [2.45, 2.75) is 30.7 Å². The summed E-state index contributed by atoms with van der Waals surface area (Å²) in [5, 5.41) is 0.733. The number of aromatic nitrogens is 1. The highest BCUT2D eigenvalue weighted by atomic mass is 33.1. The molecule has 0 aliphatic carbocycles. The second-order valence-electron chi connectivity index (χ2n) is 4.23. The van der Waals surface area contributed by atoms with Gasteiger partial charge in [-0.15, -0.1) is 0 Å². The van der Waals surface area contributed by atoms with Crippen LogP contribution in [-0.4, -0.2) is 9.73 Å². The molecule has 15 heavy (non-hydrogen) atoms. The zero-order valence-corrected chi connectivity index (χ0v) is 10.6. The first kappa shape index (κ1) is 10.9. The Bertz CT molecular complexity index is 426. The molecule has 0 atom stereocenters. The van der Waals surface area contributed by atoms with Crippen molar-refractivity contribution in [1.29, 1.82) is 0 Å². The molecule has 2 aromatic rings. The Hall–Kier alpha value is -0.610. The van der Waals surface area contributed by atoms with Crippen LogP contribution in [0.2, 0.25) is 0 Å². The number of oxazole rings is 1. The molecule has 0 radical (unpaired) electrons. The van der Waals surface area contributed by atoms with Gasteiger partial charge in [0.15, 0.2) is 5.58 Å². The fourth-order valence-corrected chi connectivity index (χ4v) is 2.81.